The summed E-state index contributed by atoms with van der Waals surface area (Å²) in [4.78, 5) is 12.0. The predicted molar refractivity (Wildman–Crippen MR) is 87.5 cm³/mol. The zero-order chi connectivity index (χ0) is 17.2. The SMILES string of the molecule is CC1(C)CNC(=O)c2ccc(B3OC(C)(C)C(C)(C)O3)c(F)c21. The Hall–Kier alpha value is -1.40. The fraction of sp³-hybridized carbons (Fsp3) is 0.588. The Morgan fingerprint density at radius 2 is 1.65 bits per heavy atom. The van der Waals surface area contributed by atoms with Gasteiger partial charge in [0.25, 0.3) is 5.91 Å². The molecule has 0 atom stereocenters. The third-order valence-electron chi connectivity index (χ3n) is 5.29. The van der Waals surface area contributed by atoms with Crippen molar-refractivity contribution in [3.63, 3.8) is 0 Å². The van der Waals surface area contributed by atoms with Crippen molar-refractivity contribution in [1.82, 2.24) is 5.32 Å². The predicted octanol–water partition coefficient (Wildman–Crippen LogP) is 2.15. The van der Waals surface area contributed by atoms with Crippen LogP contribution in [0.4, 0.5) is 4.39 Å². The summed E-state index contributed by atoms with van der Waals surface area (Å²) in [5, 5.41) is 2.80. The lowest BCUT2D eigenvalue weighted by Gasteiger charge is -2.33. The topological polar surface area (TPSA) is 47.6 Å². The van der Waals surface area contributed by atoms with Gasteiger partial charge in [0.05, 0.1) is 11.2 Å². The molecule has 1 aromatic carbocycles. The third-order valence-corrected chi connectivity index (χ3v) is 5.29. The Morgan fingerprint density at radius 1 is 1.09 bits per heavy atom. The van der Waals surface area contributed by atoms with Crippen molar-refractivity contribution in [3.8, 4) is 0 Å². The van der Waals surface area contributed by atoms with Crippen LogP contribution in [0.2, 0.25) is 0 Å². The van der Waals surface area contributed by atoms with E-state index in [-0.39, 0.29) is 5.91 Å². The smallest absolute Gasteiger partial charge is 0.399 e. The number of rotatable bonds is 1. The molecular formula is C17H23BFNO3. The molecule has 0 radical (unpaired) electrons. The average Bonchev–Trinajstić information content (AvgIpc) is 2.62. The molecule has 4 nitrogen and oxygen atoms in total. The molecule has 2 aliphatic rings. The highest BCUT2D eigenvalue weighted by molar-refractivity contribution is 6.62. The molecule has 1 fully saturated rings. The molecule has 1 amide bonds. The van der Waals surface area contributed by atoms with E-state index in [0.717, 1.165) is 0 Å². The van der Waals surface area contributed by atoms with Crippen LogP contribution in [0.15, 0.2) is 12.1 Å². The lowest BCUT2D eigenvalue weighted by atomic mass is 9.71. The highest BCUT2D eigenvalue weighted by atomic mass is 19.1. The van der Waals surface area contributed by atoms with Gasteiger partial charge in [-0.15, -0.1) is 0 Å². The molecule has 2 heterocycles. The maximum absolute atomic E-state index is 15.2. The Balaban J connectivity index is 2.09. The highest BCUT2D eigenvalue weighted by Gasteiger charge is 2.53. The fourth-order valence-electron chi connectivity index (χ4n) is 3.08. The summed E-state index contributed by atoms with van der Waals surface area (Å²) in [6.45, 7) is 12.0. The normalized spacial score (nSPS) is 24.3. The number of benzene rings is 1. The van der Waals surface area contributed by atoms with E-state index in [0.29, 0.717) is 23.1 Å². The van der Waals surface area contributed by atoms with Crippen molar-refractivity contribution < 1.29 is 18.5 Å². The van der Waals surface area contributed by atoms with Crippen molar-refractivity contribution >= 4 is 18.5 Å². The first-order chi connectivity index (χ1) is 10.5. The van der Waals surface area contributed by atoms with Gasteiger partial charge in [0.15, 0.2) is 0 Å². The van der Waals surface area contributed by atoms with Crippen molar-refractivity contribution in [1.29, 1.82) is 0 Å². The van der Waals surface area contributed by atoms with Crippen LogP contribution in [0.5, 0.6) is 0 Å². The third kappa shape index (κ3) is 2.39. The molecule has 1 N–H and O–H groups in total. The molecule has 0 spiro atoms. The minimum atomic E-state index is -0.772. The van der Waals surface area contributed by atoms with E-state index in [1.165, 1.54) is 0 Å². The van der Waals surface area contributed by atoms with Gasteiger partial charge < -0.3 is 14.6 Å². The molecule has 0 aromatic heterocycles. The highest BCUT2D eigenvalue weighted by Crippen LogP contribution is 2.38. The van der Waals surface area contributed by atoms with Gasteiger partial charge in [0, 0.05) is 28.5 Å². The lowest BCUT2D eigenvalue weighted by molar-refractivity contribution is 0.00578. The average molecular weight is 319 g/mol. The number of carbonyl (C=O) groups is 1. The van der Waals surface area contributed by atoms with Gasteiger partial charge >= 0.3 is 7.12 Å². The monoisotopic (exact) mass is 319 g/mol. The quantitative estimate of drug-likeness (QED) is 0.807. The van der Waals surface area contributed by atoms with Crippen LogP contribution in [-0.4, -0.2) is 30.8 Å². The summed E-state index contributed by atoms with van der Waals surface area (Å²) in [7, 11) is -0.772. The molecule has 3 rings (SSSR count). The molecule has 0 bridgehead atoms. The Labute approximate surface area is 136 Å². The van der Waals surface area contributed by atoms with E-state index >= 15 is 4.39 Å². The van der Waals surface area contributed by atoms with Gasteiger partial charge in [-0.2, -0.15) is 0 Å². The van der Waals surface area contributed by atoms with Crippen LogP contribution in [0, 0.1) is 5.82 Å². The maximum atomic E-state index is 15.2. The van der Waals surface area contributed by atoms with Crippen LogP contribution in [-0.2, 0) is 14.7 Å². The van der Waals surface area contributed by atoms with E-state index in [1.54, 1.807) is 12.1 Å². The number of amides is 1. The summed E-state index contributed by atoms with van der Waals surface area (Å²) in [5.41, 5.74) is -0.370. The van der Waals surface area contributed by atoms with E-state index in [9.17, 15) is 4.79 Å². The Morgan fingerprint density at radius 3 is 2.22 bits per heavy atom. The maximum Gasteiger partial charge on any atom is 0.497 e. The van der Waals surface area contributed by atoms with E-state index in [4.69, 9.17) is 9.31 Å². The van der Waals surface area contributed by atoms with Gasteiger partial charge in [-0.1, -0.05) is 19.9 Å². The molecule has 1 saturated heterocycles. The van der Waals surface area contributed by atoms with Gasteiger partial charge in [-0.3, -0.25) is 4.79 Å². The summed E-state index contributed by atoms with van der Waals surface area (Å²) < 4.78 is 27.1. The van der Waals surface area contributed by atoms with Gasteiger partial charge in [-0.25, -0.2) is 4.39 Å². The molecule has 0 unspecified atom stereocenters. The van der Waals surface area contributed by atoms with Crippen LogP contribution in [0.25, 0.3) is 0 Å². The fourth-order valence-corrected chi connectivity index (χ4v) is 3.08. The number of halogens is 1. The van der Waals surface area contributed by atoms with Crippen molar-refractivity contribution in [2.75, 3.05) is 6.54 Å². The molecule has 0 saturated carbocycles. The molecule has 1 aromatic rings. The molecule has 23 heavy (non-hydrogen) atoms. The summed E-state index contributed by atoms with van der Waals surface area (Å²) in [6, 6.07) is 3.26. The molecule has 2 aliphatic heterocycles. The molecule has 6 heteroatoms. The summed E-state index contributed by atoms with van der Waals surface area (Å²) in [6.07, 6.45) is 0. The van der Waals surface area contributed by atoms with Crippen molar-refractivity contribution in [2.24, 2.45) is 0 Å². The number of hydrogen-bond acceptors (Lipinski definition) is 3. The van der Waals surface area contributed by atoms with E-state index < -0.39 is 29.6 Å². The van der Waals surface area contributed by atoms with E-state index in [1.807, 2.05) is 41.5 Å². The van der Waals surface area contributed by atoms with Crippen molar-refractivity contribution in [3.05, 3.63) is 29.1 Å². The number of hydrogen-bond donors (Lipinski definition) is 1. The molecular weight excluding hydrogens is 296 g/mol. The summed E-state index contributed by atoms with van der Waals surface area (Å²) >= 11 is 0. The van der Waals surface area contributed by atoms with Crippen molar-refractivity contribution in [2.45, 2.75) is 58.2 Å². The standard InChI is InChI=1S/C17H23BFNO3/c1-15(2)9-20-14(21)10-7-8-11(13(19)12(10)15)18-22-16(3,4)17(5,6)23-18/h7-8H,9H2,1-6H3,(H,20,21). The van der Waals surface area contributed by atoms with E-state index in [2.05, 4.69) is 5.32 Å². The number of fused-ring (bicyclic) bond motifs is 1. The largest absolute Gasteiger partial charge is 0.497 e. The van der Waals surface area contributed by atoms with Gasteiger partial charge in [-0.05, 0) is 33.8 Å². The summed E-state index contributed by atoms with van der Waals surface area (Å²) in [5.74, 6) is -0.639. The number of nitrogens with one attached hydrogen (secondary N) is 1. The zero-order valence-electron chi connectivity index (χ0n) is 14.5. The lowest BCUT2D eigenvalue weighted by Crippen LogP contribution is -2.47. The minimum Gasteiger partial charge on any atom is -0.399 e. The zero-order valence-corrected chi connectivity index (χ0v) is 14.5. The second-order valence-corrected chi connectivity index (χ2v) is 8.05. The first kappa shape index (κ1) is 16.5. The van der Waals surface area contributed by atoms with Gasteiger partial charge in [0.1, 0.15) is 5.82 Å². The molecule has 0 aliphatic carbocycles. The number of carbonyl (C=O) groups excluding carboxylic acids is 1. The second-order valence-electron chi connectivity index (χ2n) is 8.05. The molecule has 124 valence electrons. The van der Waals surface area contributed by atoms with Crippen LogP contribution in [0.3, 0.4) is 0 Å². The van der Waals surface area contributed by atoms with Crippen LogP contribution in [0.1, 0.15) is 57.5 Å². The Bertz CT molecular complexity index is 669. The van der Waals surface area contributed by atoms with Crippen LogP contribution >= 0.6 is 0 Å². The second kappa shape index (κ2) is 4.80. The van der Waals surface area contributed by atoms with Crippen LogP contribution < -0.4 is 10.8 Å². The minimum absolute atomic E-state index is 0.237. The van der Waals surface area contributed by atoms with Gasteiger partial charge in [0.2, 0.25) is 0 Å². The first-order valence-electron chi connectivity index (χ1n) is 7.93. The first-order valence-corrected chi connectivity index (χ1v) is 7.93. The Kier molecular flexibility index (Phi) is 3.44.